The van der Waals surface area contributed by atoms with Gasteiger partial charge in [-0.2, -0.15) is 0 Å². The summed E-state index contributed by atoms with van der Waals surface area (Å²) in [6.07, 6.45) is -0.950. The highest BCUT2D eigenvalue weighted by molar-refractivity contribution is 7.12. The average Bonchev–Trinajstić information content (AvgIpc) is 2.80. The number of amides is 1. The maximum atomic E-state index is 12.1. The van der Waals surface area contributed by atoms with E-state index in [1.54, 1.807) is 18.2 Å². The van der Waals surface area contributed by atoms with E-state index in [0.717, 1.165) is 9.75 Å². The molecule has 4 nitrogen and oxygen atoms in total. The fourth-order valence-corrected chi connectivity index (χ4v) is 3.30. The van der Waals surface area contributed by atoms with E-state index in [4.69, 9.17) is 27.9 Å². The third-order valence-corrected chi connectivity index (χ3v) is 4.62. The van der Waals surface area contributed by atoms with Crippen molar-refractivity contribution >= 4 is 52.1 Å². The van der Waals surface area contributed by atoms with Crippen molar-refractivity contribution in [2.45, 2.75) is 26.9 Å². The Morgan fingerprint density at radius 3 is 2.48 bits per heavy atom. The van der Waals surface area contributed by atoms with Crippen LogP contribution in [-0.4, -0.2) is 18.0 Å². The second-order valence-electron chi connectivity index (χ2n) is 4.99. The molecule has 0 saturated carbocycles. The zero-order chi connectivity index (χ0) is 17.1. The number of rotatable bonds is 4. The first-order valence-corrected chi connectivity index (χ1v) is 8.39. The molecule has 1 aromatic heterocycles. The zero-order valence-corrected chi connectivity index (χ0v) is 15.1. The van der Waals surface area contributed by atoms with Gasteiger partial charge in [0.2, 0.25) is 0 Å². The Bertz CT molecular complexity index is 758. The normalized spacial score (nSPS) is 11.9. The molecule has 1 atom stereocenters. The number of thiophene rings is 1. The van der Waals surface area contributed by atoms with Gasteiger partial charge in [-0.15, -0.1) is 11.3 Å². The molecule has 0 saturated heterocycles. The zero-order valence-electron chi connectivity index (χ0n) is 12.8. The van der Waals surface area contributed by atoms with Crippen molar-refractivity contribution in [2.24, 2.45) is 0 Å². The van der Waals surface area contributed by atoms with Crippen LogP contribution in [0.1, 0.15) is 27.0 Å². The number of benzene rings is 1. The molecule has 0 aliphatic heterocycles. The summed E-state index contributed by atoms with van der Waals surface area (Å²) >= 11 is 13.3. The SMILES string of the molecule is Cc1cc(C(=O)O[C@H](C)C(=O)Nc2ccc(Cl)cc2Cl)c(C)s1. The predicted molar refractivity (Wildman–Crippen MR) is 93.8 cm³/mol. The predicted octanol–water partition coefficient (Wildman–Crippen LogP) is 4.86. The van der Waals surface area contributed by atoms with E-state index in [2.05, 4.69) is 5.32 Å². The maximum absolute atomic E-state index is 12.1. The lowest BCUT2D eigenvalue weighted by Crippen LogP contribution is -2.30. The molecule has 7 heteroatoms. The van der Waals surface area contributed by atoms with E-state index in [1.165, 1.54) is 24.3 Å². The van der Waals surface area contributed by atoms with Crippen molar-refractivity contribution in [3.05, 3.63) is 49.6 Å². The van der Waals surface area contributed by atoms with Gasteiger partial charge in [-0.05, 0) is 45.0 Å². The Morgan fingerprint density at radius 2 is 1.91 bits per heavy atom. The van der Waals surface area contributed by atoms with Gasteiger partial charge in [0, 0.05) is 14.8 Å². The Morgan fingerprint density at radius 1 is 1.22 bits per heavy atom. The molecule has 0 spiro atoms. The number of anilines is 1. The van der Waals surface area contributed by atoms with Gasteiger partial charge in [-0.3, -0.25) is 4.79 Å². The van der Waals surface area contributed by atoms with Crippen molar-refractivity contribution in [3.8, 4) is 0 Å². The van der Waals surface area contributed by atoms with Crippen LogP contribution in [-0.2, 0) is 9.53 Å². The molecule has 2 aromatic rings. The van der Waals surface area contributed by atoms with Gasteiger partial charge >= 0.3 is 5.97 Å². The third kappa shape index (κ3) is 4.47. The largest absolute Gasteiger partial charge is 0.449 e. The lowest BCUT2D eigenvalue weighted by atomic mass is 10.2. The number of carbonyl (C=O) groups excluding carboxylic acids is 2. The second-order valence-corrected chi connectivity index (χ2v) is 7.29. The molecule has 1 amide bonds. The fraction of sp³-hybridized carbons (Fsp3) is 0.250. The third-order valence-electron chi connectivity index (χ3n) is 3.10. The first kappa shape index (κ1) is 17.8. The first-order valence-electron chi connectivity index (χ1n) is 6.82. The molecule has 0 aliphatic carbocycles. The molecule has 122 valence electrons. The smallest absolute Gasteiger partial charge is 0.340 e. The summed E-state index contributed by atoms with van der Waals surface area (Å²) in [7, 11) is 0. The summed E-state index contributed by atoms with van der Waals surface area (Å²) in [6.45, 7) is 5.26. The van der Waals surface area contributed by atoms with Crippen molar-refractivity contribution in [1.29, 1.82) is 0 Å². The Balaban J connectivity index is 2.02. The quantitative estimate of drug-likeness (QED) is 0.780. The number of halogens is 2. The number of ether oxygens (including phenoxy) is 1. The van der Waals surface area contributed by atoms with Crippen LogP contribution < -0.4 is 5.32 Å². The minimum Gasteiger partial charge on any atom is -0.449 e. The number of aryl methyl sites for hydroxylation is 2. The minimum absolute atomic E-state index is 0.314. The molecule has 1 N–H and O–H groups in total. The van der Waals surface area contributed by atoms with Gasteiger partial charge < -0.3 is 10.1 Å². The molecule has 23 heavy (non-hydrogen) atoms. The summed E-state index contributed by atoms with van der Waals surface area (Å²) in [4.78, 5) is 26.1. The molecule has 0 unspecified atom stereocenters. The van der Waals surface area contributed by atoms with E-state index in [0.29, 0.717) is 21.3 Å². The van der Waals surface area contributed by atoms with Gasteiger partial charge in [0.05, 0.1) is 16.3 Å². The topological polar surface area (TPSA) is 55.4 Å². The van der Waals surface area contributed by atoms with E-state index in [9.17, 15) is 9.59 Å². The van der Waals surface area contributed by atoms with Crippen LogP contribution in [0.3, 0.4) is 0 Å². The molecule has 2 rings (SSSR count). The average molecular weight is 372 g/mol. The summed E-state index contributed by atoms with van der Waals surface area (Å²) in [6, 6.07) is 6.47. The molecule has 0 bridgehead atoms. The van der Waals surface area contributed by atoms with Gasteiger partial charge in [0.25, 0.3) is 5.91 Å². The number of esters is 1. The molecule has 0 fully saturated rings. The molecule has 0 aliphatic rings. The highest BCUT2D eigenvalue weighted by Crippen LogP contribution is 2.26. The second kappa shape index (κ2) is 7.34. The van der Waals surface area contributed by atoms with Crippen molar-refractivity contribution in [3.63, 3.8) is 0 Å². The lowest BCUT2D eigenvalue weighted by Gasteiger charge is -2.14. The number of nitrogens with one attached hydrogen (secondary N) is 1. The van der Waals surface area contributed by atoms with Gasteiger partial charge in [-0.1, -0.05) is 23.2 Å². The number of carbonyl (C=O) groups is 2. The van der Waals surface area contributed by atoms with Crippen molar-refractivity contribution in [2.75, 3.05) is 5.32 Å². The van der Waals surface area contributed by atoms with Crippen LogP contribution in [0.2, 0.25) is 10.0 Å². The molecule has 1 heterocycles. The number of hydrogen-bond donors (Lipinski definition) is 1. The Hall–Kier alpha value is -1.56. The standard InChI is InChI=1S/C16H15Cl2NO3S/c1-8-6-12(10(3)23-8)16(21)22-9(2)15(20)19-14-5-4-11(17)7-13(14)18/h4-7,9H,1-3H3,(H,19,20)/t9-/m1/s1. The highest BCUT2D eigenvalue weighted by atomic mass is 35.5. The highest BCUT2D eigenvalue weighted by Gasteiger charge is 2.21. The summed E-state index contributed by atoms with van der Waals surface area (Å²) in [5.74, 6) is -0.983. The first-order chi connectivity index (χ1) is 10.8. The van der Waals surface area contributed by atoms with Gasteiger partial charge in [0.1, 0.15) is 0 Å². The van der Waals surface area contributed by atoms with Crippen molar-refractivity contribution in [1.82, 2.24) is 0 Å². The molecular weight excluding hydrogens is 357 g/mol. The van der Waals surface area contributed by atoms with Crippen LogP contribution in [0.4, 0.5) is 5.69 Å². The Kier molecular flexibility index (Phi) is 5.68. The minimum atomic E-state index is -0.950. The molecule has 1 aromatic carbocycles. The van der Waals surface area contributed by atoms with Crippen LogP contribution in [0.15, 0.2) is 24.3 Å². The fourth-order valence-electron chi connectivity index (χ4n) is 1.94. The van der Waals surface area contributed by atoms with Crippen molar-refractivity contribution < 1.29 is 14.3 Å². The summed E-state index contributed by atoms with van der Waals surface area (Å²) in [5.41, 5.74) is 0.892. The van der Waals surface area contributed by atoms with Crippen LogP contribution in [0.25, 0.3) is 0 Å². The molecular formula is C16H15Cl2NO3S. The maximum Gasteiger partial charge on any atom is 0.340 e. The molecule has 0 radical (unpaired) electrons. The van der Waals surface area contributed by atoms with E-state index < -0.39 is 18.0 Å². The summed E-state index contributed by atoms with van der Waals surface area (Å²) < 4.78 is 5.21. The Labute approximate surface area is 148 Å². The van der Waals surface area contributed by atoms with E-state index in [1.807, 2.05) is 13.8 Å². The van der Waals surface area contributed by atoms with Crippen LogP contribution in [0.5, 0.6) is 0 Å². The van der Waals surface area contributed by atoms with Crippen LogP contribution in [0, 0.1) is 13.8 Å². The van der Waals surface area contributed by atoms with Gasteiger partial charge in [0.15, 0.2) is 6.10 Å². The van der Waals surface area contributed by atoms with E-state index >= 15 is 0 Å². The van der Waals surface area contributed by atoms with E-state index in [-0.39, 0.29) is 0 Å². The number of hydrogen-bond acceptors (Lipinski definition) is 4. The summed E-state index contributed by atoms with van der Waals surface area (Å²) in [5, 5.41) is 3.39. The van der Waals surface area contributed by atoms with Crippen LogP contribution >= 0.6 is 34.5 Å². The van der Waals surface area contributed by atoms with Gasteiger partial charge in [-0.25, -0.2) is 4.79 Å². The lowest BCUT2D eigenvalue weighted by molar-refractivity contribution is -0.123. The monoisotopic (exact) mass is 371 g/mol.